The number of aromatic nitrogens is 1. The first-order valence-electron chi connectivity index (χ1n) is 1.43. The van der Waals surface area contributed by atoms with Crippen molar-refractivity contribution in [2.45, 2.75) is 0 Å². The predicted molar refractivity (Wildman–Crippen MR) is 19.1 cm³/mol. The topological polar surface area (TPSA) is 47.0 Å². The molecule has 0 amide bonds. The van der Waals surface area contributed by atoms with Gasteiger partial charge in [0, 0.05) is 0 Å². The number of hydrogen-bond acceptors (Lipinski definition) is 3. The van der Waals surface area contributed by atoms with Crippen LogP contribution in [-0.2, 0) is 0 Å². The van der Waals surface area contributed by atoms with E-state index in [0.717, 1.165) is 6.20 Å². The van der Waals surface area contributed by atoms with Gasteiger partial charge in [-0.3, -0.25) is 9.59 Å². The molecule has 0 bridgehead atoms. The Morgan fingerprint density at radius 1 is 1.50 bits per heavy atom. The van der Waals surface area contributed by atoms with Crippen molar-refractivity contribution in [3.63, 3.8) is 0 Å². The summed E-state index contributed by atoms with van der Waals surface area (Å²) in [5, 5.41) is 0. The molecule has 0 aromatic carbocycles. The second-order valence-electron chi connectivity index (χ2n) is 0.928. The fourth-order valence-corrected chi connectivity index (χ4v) is 0.170. The molecule has 0 saturated heterocycles. The Hall–Kier alpha value is -0.990. The summed E-state index contributed by atoms with van der Waals surface area (Å²) in [6, 6.07) is 0. The predicted octanol–water partition coefficient (Wildman–Crippen LogP) is -1.32. The summed E-state index contributed by atoms with van der Waals surface area (Å²) in [5.41, 5.74) is -1.12. The number of hydrogen-bond donors (Lipinski definition) is 0. The first-order valence-corrected chi connectivity index (χ1v) is 1.43. The third-order valence-corrected chi connectivity index (χ3v) is 0.510. The molecule has 6 heavy (non-hydrogen) atoms. The molecule has 1 rings (SSSR count). The summed E-state index contributed by atoms with van der Waals surface area (Å²) in [7, 11) is 0. The van der Waals surface area contributed by atoms with Gasteiger partial charge in [0.25, 0.3) is 5.43 Å². The van der Waals surface area contributed by atoms with Crippen LogP contribution in [0.2, 0.25) is 0 Å². The lowest BCUT2D eigenvalue weighted by molar-refractivity contribution is 1.12. The van der Waals surface area contributed by atoms with Crippen molar-refractivity contribution < 1.29 is 0 Å². The summed E-state index contributed by atoms with van der Waals surface area (Å²) >= 11 is 0. The Kier molecular flexibility index (Phi) is 0.395. The highest BCUT2D eigenvalue weighted by Crippen LogP contribution is 1.42. The van der Waals surface area contributed by atoms with E-state index in [0.29, 0.717) is 0 Å². The van der Waals surface area contributed by atoms with Gasteiger partial charge in [-0.1, -0.05) is 0 Å². The molecule has 0 spiro atoms. The van der Waals surface area contributed by atoms with Crippen molar-refractivity contribution in [2.75, 3.05) is 0 Å². The molecule has 3 heteroatoms. The van der Waals surface area contributed by atoms with E-state index in [4.69, 9.17) is 0 Å². The van der Waals surface area contributed by atoms with E-state index in [-0.39, 0.29) is 0 Å². The molecule has 1 aromatic rings. The molecule has 30 valence electrons. The molecule has 3 nitrogen and oxygen atoms in total. The summed E-state index contributed by atoms with van der Waals surface area (Å²) in [5.74, 6) is 0. The van der Waals surface area contributed by atoms with Crippen LogP contribution >= 0.6 is 0 Å². The molecule has 0 radical (unpaired) electrons. The minimum atomic E-state index is -0.630. The Balaban J connectivity index is 3.58. The molecular formula is C3HNO2. The Bertz CT molecular complexity index is 184. The van der Waals surface area contributed by atoms with E-state index in [1.807, 2.05) is 0 Å². The molecule has 0 saturated carbocycles. The molecule has 1 heterocycles. The second-order valence-corrected chi connectivity index (χ2v) is 0.928. The van der Waals surface area contributed by atoms with Crippen LogP contribution in [0, 0.1) is 0 Å². The lowest BCUT2D eigenvalue weighted by atomic mass is 10.6. The van der Waals surface area contributed by atoms with Crippen molar-refractivity contribution in [1.82, 2.24) is 4.98 Å². The minimum absolute atomic E-state index is 0.491. The standard InChI is InChI=1S/C3HNO2/c5-2-1-4-3(2)6/h1H. The van der Waals surface area contributed by atoms with Crippen molar-refractivity contribution in [1.29, 1.82) is 0 Å². The van der Waals surface area contributed by atoms with E-state index >= 15 is 0 Å². The molecule has 0 fully saturated rings. The SMILES string of the molecule is O=c1cnc1=O. The first kappa shape index (κ1) is 3.21. The average molecular weight is 83.0 g/mol. The maximum Gasteiger partial charge on any atom is 0.319 e. The van der Waals surface area contributed by atoms with Gasteiger partial charge in [-0.15, -0.1) is 0 Å². The van der Waals surface area contributed by atoms with Crippen LogP contribution in [0.4, 0.5) is 0 Å². The monoisotopic (exact) mass is 83.0 g/mol. The lowest BCUT2D eigenvalue weighted by Crippen LogP contribution is -2.31. The van der Waals surface area contributed by atoms with Crippen molar-refractivity contribution in [2.24, 2.45) is 0 Å². The van der Waals surface area contributed by atoms with Crippen LogP contribution in [0.5, 0.6) is 0 Å². The van der Waals surface area contributed by atoms with Crippen LogP contribution in [0.1, 0.15) is 0 Å². The van der Waals surface area contributed by atoms with E-state index in [1.165, 1.54) is 0 Å². The molecule has 0 N–H and O–H groups in total. The van der Waals surface area contributed by atoms with Gasteiger partial charge < -0.3 is 0 Å². The number of rotatable bonds is 0. The summed E-state index contributed by atoms with van der Waals surface area (Å²) < 4.78 is 0. The molecular weight excluding hydrogens is 82.0 g/mol. The third kappa shape index (κ3) is 0.190. The summed E-state index contributed by atoms with van der Waals surface area (Å²) in [6.45, 7) is 0. The highest BCUT2D eigenvalue weighted by atomic mass is 16.2. The molecule has 0 aliphatic heterocycles. The van der Waals surface area contributed by atoms with Gasteiger partial charge in [0.05, 0.1) is 6.20 Å². The largest absolute Gasteiger partial charge is 0.319 e. The zero-order chi connectivity index (χ0) is 4.57. The van der Waals surface area contributed by atoms with Gasteiger partial charge in [0.1, 0.15) is 0 Å². The average Bonchev–Trinajstić information content (AvgIpc) is 1.61. The highest BCUT2D eigenvalue weighted by Gasteiger charge is 1.92. The zero-order valence-corrected chi connectivity index (χ0v) is 2.84. The first-order chi connectivity index (χ1) is 2.80. The maximum absolute atomic E-state index is 9.73. The maximum atomic E-state index is 9.73. The quantitative estimate of drug-likeness (QED) is 0.365. The highest BCUT2D eigenvalue weighted by molar-refractivity contribution is 4.84. The van der Waals surface area contributed by atoms with Crippen LogP contribution in [-0.4, -0.2) is 4.98 Å². The van der Waals surface area contributed by atoms with Crippen LogP contribution in [0.25, 0.3) is 0 Å². The van der Waals surface area contributed by atoms with Gasteiger partial charge in [-0.05, 0) is 0 Å². The van der Waals surface area contributed by atoms with Gasteiger partial charge in [-0.25, -0.2) is 4.98 Å². The normalized spacial score (nSPS) is 9.33. The summed E-state index contributed by atoms with van der Waals surface area (Å²) in [4.78, 5) is 22.5. The van der Waals surface area contributed by atoms with Crippen LogP contribution in [0.3, 0.4) is 0 Å². The van der Waals surface area contributed by atoms with E-state index in [2.05, 4.69) is 4.98 Å². The van der Waals surface area contributed by atoms with Crippen LogP contribution in [0.15, 0.2) is 15.8 Å². The van der Waals surface area contributed by atoms with E-state index < -0.39 is 11.0 Å². The van der Waals surface area contributed by atoms with Gasteiger partial charge in [0.15, 0.2) is 0 Å². The van der Waals surface area contributed by atoms with E-state index in [1.54, 1.807) is 0 Å². The van der Waals surface area contributed by atoms with Crippen LogP contribution < -0.4 is 11.0 Å². The Morgan fingerprint density at radius 2 is 2.00 bits per heavy atom. The fraction of sp³-hybridized carbons (Fsp3) is 0. The Labute approximate surface area is 33.0 Å². The molecule has 0 aliphatic rings. The molecule has 0 atom stereocenters. The second kappa shape index (κ2) is 0.739. The van der Waals surface area contributed by atoms with Crippen molar-refractivity contribution in [3.8, 4) is 0 Å². The van der Waals surface area contributed by atoms with Gasteiger partial charge in [0.2, 0.25) is 0 Å². The molecule has 0 aliphatic carbocycles. The Morgan fingerprint density at radius 3 is 2.00 bits per heavy atom. The smallest absolute Gasteiger partial charge is 0.282 e. The van der Waals surface area contributed by atoms with Gasteiger partial charge in [-0.2, -0.15) is 0 Å². The van der Waals surface area contributed by atoms with Gasteiger partial charge >= 0.3 is 5.56 Å². The van der Waals surface area contributed by atoms with Crippen molar-refractivity contribution >= 4 is 0 Å². The fourth-order valence-electron chi connectivity index (χ4n) is 0.170. The summed E-state index contributed by atoms with van der Waals surface area (Å²) in [6.07, 6.45) is 1.00. The number of nitrogens with zero attached hydrogens (tertiary/aromatic N) is 1. The third-order valence-electron chi connectivity index (χ3n) is 0.510. The molecule has 0 unspecified atom stereocenters. The van der Waals surface area contributed by atoms with E-state index in [9.17, 15) is 9.59 Å². The minimum Gasteiger partial charge on any atom is -0.282 e. The lowest BCUT2D eigenvalue weighted by Gasteiger charge is -1.70. The molecule has 1 aromatic heterocycles. The zero-order valence-electron chi connectivity index (χ0n) is 2.84. The van der Waals surface area contributed by atoms with Crippen molar-refractivity contribution in [3.05, 3.63) is 26.8 Å².